The second-order valence-corrected chi connectivity index (χ2v) is 6.35. The van der Waals surface area contributed by atoms with Crippen LogP contribution in [0.15, 0.2) is 23.7 Å². The van der Waals surface area contributed by atoms with E-state index in [-0.39, 0.29) is 11.3 Å². The normalized spacial score (nSPS) is 23.6. The summed E-state index contributed by atoms with van der Waals surface area (Å²) < 4.78 is 0. The smallest absolute Gasteiger partial charge is 0.220 e. The molecule has 5 nitrogen and oxygen atoms in total. The van der Waals surface area contributed by atoms with Crippen LogP contribution in [0.1, 0.15) is 33.1 Å². The average Bonchev–Trinajstić information content (AvgIpc) is 2.77. The van der Waals surface area contributed by atoms with Crippen molar-refractivity contribution < 1.29 is 4.79 Å². The van der Waals surface area contributed by atoms with E-state index in [1.54, 1.807) is 0 Å². The number of nitrogens with zero attached hydrogens (tertiary/aromatic N) is 1. The van der Waals surface area contributed by atoms with Gasteiger partial charge in [-0.2, -0.15) is 0 Å². The topological polar surface area (TPSA) is 84.4 Å². The molecule has 1 spiro atoms. The first-order valence-electron chi connectivity index (χ1n) is 7.36. The highest BCUT2D eigenvalue weighted by Gasteiger charge is 2.40. The van der Waals surface area contributed by atoms with Gasteiger partial charge < -0.3 is 21.7 Å². The number of carbonyl (C=O) groups is 1. The quantitative estimate of drug-likeness (QED) is 0.669. The van der Waals surface area contributed by atoms with E-state index in [1.165, 1.54) is 0 Å². The van der Waals surface area contributed by atoms with Crippen LogP contribution in [0.2, 0.25) is 0 Å². The van der Waals surface area contributed by atoms with Gasteiger partial charge in [-0.05, 0) is 36.3 Å². The molecule has 0 aromatic heterocycles. The van der Waals surface area contributed by atoms with Crippen LogP contribution in [-0.2, 0) is 4.79 Å². The first kappa shape index (κ1) is 14.8. The van der Waals surface area contributed by atoms with E-state index >= 15 is 0 Å². The largest absolute Gasteiger partial charge is 0.402 e. The Balaban J connectivity index is 1.92. The summed E-state index contributed by atoms with van der Waals surface area (Å²) in [5.74, 6) is 1.29. The summed E-state index contributed by atoms with van der Waals surface area (Å²) in [6, 6.07) is 0. The maximum atomic E-state index is 11.4. The van der Waals surface area contributed by atoms with Crippen LogP contribution in [0.25, 0.3) is 0 Å². The van der Waals surface area contributed by atoms with Gasteiger partial charge >= 0.3 is 0 Å². The second-order valence-electron chi connectivity index (χ2n) is 6.35. The number of piperidine rings is 1. The van der Waals surface area contributed by atoms with Gasteiger partial charge in [0.1, 0.15) is 0 Å². The minimum atomic E-state index is 0.167. The molecule has 112 valence electrons. The Morgan fingerprint density at radius 1 is 1.30 bits per heavy atom. The van der Waals surface area contributed by atoms with Crippen molar-refractivity contribution in [3.8, 4) is 0 Å². The van der Waals surface area contributed by atoms with Gasteiger partial charge in [0.05, 0.1) is 5.82 Å². The number of nitrogens with two attached hydrogens (primary N) is 2. The molecule has 1 amide bonds. The third-order valence-corrected chi connectivity index (χ3v) is 4.50. The summed E-state index contributed by atoms with van der Waals surface area (Å²) in [6.45, 7) is 6.76. The Hall–Kier alpha value is -1.65. The fourth-order valence-corrected chi connectivity index (χ4v) is 2.82. The molecule has 2 aliphatic heterocycles. The van der Waals surface area contributed by atoms with E-state index in [9.17, 15) is 4.79 Å². The molecule has 0 atom stereocenters. The predicted molar refractivity (Wildman–Crippen MR) is 80.2 cm³/mol. The number of hydrogen-bond acceptors (Lipinski definition) is 4. The van der Waals surface area contributed by atoms with Crippen LogP contribution in [0, 0.1) is 11.3 Å². The van der Waals surface area contributed by atoms with Crippen molar-refractivity contribution in [2.45, 2.75) is 33.1 Å². The monoisotopic (exact) mass is 278 g/mol. The number of allylic oxidation sites excluding steroid dienone is 3. The van der Waals surface area contributed by atoms with Crippen molar-refractivity contribution in [1.82, 2.24) is 10.2 Å². The van der Waals surface area contributed by atoms with Crippen LogP contribution < -0.4 is 16.8 Å². The number of likely N-dealkylation sites (tertiary alicyclic amines) is 1. The standard InChI is InChI=1S/C15H26N4O/c1-11(2)12(16)3-4-13(17)19-7-5-15(6-8-19)9-14(20)18-10-15/h3-4,11H,5-10,16-17H2,1-2H3,(H,18,20)/b12-3-,13-4+. The summed E-state index contributed by atoms with van der Waals surface area (Å²) in [5.41, 5.74) is 13.0. The Kier molecular flexibility index (Phi) is 4.26. The molecule has 5 heteroatoms. The van der Waals surface area contributed by atoms with Crippen molar-refractivity contribution in [1.29, 1.82) is 0 Å². The molecule has 0 unspecified atom stereocenters. The van der Waals surface area contributed by atoms with Gasteiger partial charge in [-0.25, -0.2) is 0 Å². The molecule has 20 heavy (non-hydrogen) atoms. The molecule has 0 aromatic carbocycles. The summed E-state index contributed by atoms with van der Waals surface area (Å²) in [6.07, 6.45) is 6.49. The third kappa shape index (κ3) is 3.26. The zero-order chi connectivity index (χ0) is 14.8. The minimum Gasteiger partial charge on any atom is -0.402 e. The maximum absolute atomic E-state index is 11.4. The summed E-state index contributed by atoms with van der Waals surface area (Å²) in [4.78, 5) is 13.6. The Bertz CT molecular complexity index is 431. The van der Waals surface area contributed by atoms with Crippen LogP contribution in [0.5, 0.6) is 0 Å². The number of amides is 1. The summed E-state index contributed by atoms with van der Waals surface area (Å²) >= 11 is 0. The van der Waals surface area contributed by atoms with E-state index in [0.717, 1.165) is 44.0 Å². The molecular weight excluding hydrogens is 252 g/mol. The van der Waals surface area contributed by atoms with Crippen molar-refractivity contribution in [3.05, 3.63) is 23.7 Å². The fourth-order valence-electron chi connectivity index (χ4n) is 2.82. The van der Waals surface area contributed by atoms with Crippen molar-refractivity contribution in [3.63, 3.8) is 0 Å². The van der Waals surface area contributed by atoms with Crippen molar-refractivity contribution >= 4 is 5.91 Å². The molecule has 0 radical (unpaired) electrons. The number of hydrogen-bond donors (Lipinski definition) is 3. The molecule has 0 aliphatic carbocycles. The summed E-state index contributed by atoms with van der Waals surface area (Å²) in [5, 5.41) is 2.95. The lowest BCUT2D eigenvalue weighted by atomic mass is 9.78. The van der Waals surface area contributed by atoms with E-state index in [2.05, 4.69) is 24.1 Å². The lowest BCUT2D eigenvalue weighted by molar-refractivity contribution is -0.119. The molecule has 0 aromatic rings. The van der Waals surface area contributed by atoms with Gasteiger partial charge in [0, 0.05) is 31.8 Å². The van der Waals surface area contributed by atoms with Gasteiger partial charge in [0.15, 0.2) is 0 Å². The highest BCUT2D eigenvalue weighted by atomic mass is 16.1. The second kappa shape index (κ2) is 5.77. The van der Waals surface area contributed by atoms with Crippen LogP contribution in [0.4, 0.5) is 0 Å². The number of nitrogens with one attached hydrogen (secondary N) is 1. The molecule has 2 rings (SSSR count). The molecular formula is C15H26N4O. The molecule has 5 N–H and O–H groups in total. The molecule has 0 saturated carbocycles. The number of rotatable bonds is 3. The molecule has 2 heterocycles. The molecule has 0 bridgehead atoms. The Labute approximate surface area is 121 Å². The SMILES string of the molecule is CC(C)/C(N)=C/C=C(\N)N1CCC2(CC1)CNC(=O)C2. The van der Waals surface area contributed by atoms with E-state index < -0.39 is 0 Å². The lowest BCUT2D eigenvalue weighted by Crippen LogP contribution is -2.42. The van der Waals surface area contributed by atoms with E-state index in [0.29, 0.717) is 12.3 Å². The van der Waals surface area contributed by atoms with Crippen LogP contribution in [-0.4, -0.2) is 30.4 Å². The van der Waals surface area contributed by atoms with E-state index in [1.807, 2.05) is 12.2 Å². The lowest BCUT2D eigenvalue weighted by Gasteiger charge is -2.39. The van der Waals surface area contributed by atoms with Crippen molar-refractivity contribution in [2.75, 3.05) is 19.6 Å². The molecule has 2 aliphatic rings. The van der Waals surface area contributed by atoms with Crippen molar-refractivity contribution in [2.24, 2.45) is 22.8 Å². The Morgan fingerprint density at radius 2 is 1.95 bits per heavy atom. The molecule has 2 saturated heterocycles. The third-order valence-electron chi connectivity index (χ3n) is 4.50. The number of carbonyl (C=O) groups excluding carboxylic acids is 1. The van der Waals surface area contributed by atoms with Gasteiger partial charge in [-0.1, -0.05) is 13.8 Å². The van der Waals surface area contributed by atoms with Gasteiger partial charge in [-0.15, -0.1) is 0 Å². The average molecular weight is 278 g/mol. The first-order valence-corrected chi connectivity index (χ1v) is 7.36. The highest BCUT2D eigenvalue weighted by molar-refractivity contribution is 5.79. The summed E-state index contributed by atoms with van der Waals surface area (Å²) in [7, 11) is 0. The van der Waals surface area contributed by atoms with Crippen LogP contribution >= 0.6 is 0 Å². The van der Waals surface area contributed by atoms with Gasteiger partial charge in [-0.3, -0.25) is 4.79 Å². The maximum Gasteiger partial charge on any atom is 0.220 e. The van der Waals surface area contributed by atoms with Crippen LogP contribution in [0.3, 0.4) is 0 Å². The highest BCUT2D eigenvalue weighted by Crippen LogP contribution is 2.37. The van der Waals surface area contributed by atoms with Gasteiger partial charge in [0.25, 0.3) is 0 Å². The fraction of sp³-hybridized carbons (Fsp3) is 0.667. The molecule has 2 fully saturated rings. The van der Waals surface area contributed by atoms with E-state index in [4.69, 9.17) is 11.5 Å². The Morgan fingerprint density at radius 3 is 2.45 bits per heavy atom. The first-order chi connectivity index (χ1) is 9.42. The predicted octanol–water partition coefficient (Wildman–Crippen LogP) is 0.887. The zero-order valence-electron chi connectivity index (χ0n) is 12.5. The zero-order valence-corrected chi connectivity index (χ0v) is 12.5. The van der Waals surface area contributed by atoms with Gasteiger partial charge in [0.2, 0.25) is 5.91 Å². The minimum absolute atomic E-state index is 0.167.